The lowest BCUT2D eigenvalue weighted by molar-refractivity contribution is -0.165. The number of pyridine rings is 1. The van der Waals surface area contributed by atoms with Crippen LogP contribution in [0.15, 0.2) is 36.4 Å². The first-order chi connectivity index (χ1) is 19.3. The number of hydrogen-bond acceptors (Lipinski definition) is 7. The van der Waals surface area contributed by atoms with Crippen LogP contribution < -0.4 is 10.7 Å². The first kappa shape index (κ1) is 30.2. The van der Waals surface area contributed by atoms with Crippen molar-refractivity contribution < 1.29 is 23.9 Å². The van der Waals surface area contributed by atoms with Crippen molar-refractivity contribution in [1.29, 1.82) is 0 Å². The summed E-state index contributed by atoms with van der Waals surface area (Å²) in [7, 11) is 1.74. The molecule has 41 heavy (non-hydrogen) atoms. The highest BCUT2D eigenvalue weighted by Crippen LogP contribution is 2.26. The minimum Gasteiger partial charge on any atom is -0.451 e. The van der Waals surface area contributed by atoms with Gasteiger partial charge in [0.2, 0.25) is 5.91 Å². The van der Waals surface area contributed by atoms with Gasteiger partial charge in [-0.15, -0.1) is 0 Å². The predicted molar refractivity (Wildman–Crippen MR) is 156 cm³/mol. The summed E-state index contributed by atoms with van der Waals surface area (Å²) >= 11 is 0. The second-order valence-electron chi connectivity index (χ2n) is 12.0. The molecule has 5 bridgehead atoms. The zero-order valence-electron chi connectivity index (χ0n) is 24.9. The van der Waals surface area contributed by atoms with Crippen LogP contribution in [-0.4, -0.2) is 70.4 Å². The maximum absolute atomic E-state index is 13.5. The van der Waals surface area contributed by atoms with Crippen LogP contribution in [0.1, 0.15) is 71.7 Å². The smallest absolute Gasteiger partial charge is 0.316 e. The molecular formula is C31H41N5O5. The Morgan fingerprint density at radius 3 is 2.46 bits per heavy atom. The van der Waals surface area contributed by atoms with Gasteiger partial charge in [-0.25, -0.2) is 5.43 Å². The number of ether oxygens (including phenoxy) is 1. The van der Waals surface area contributed by atoms with E-state index in [-0.39, 0.29) is 23.8 Å². The van der Waals surface area contributed by atoms with Crippen molar-refractivity contribution >= 4 is 40.7 Å². The summed E-state index contributed by atoms with van der Waals surface area (Å²) in [5.41, 5.74) is 4.40. The number of hydrazine groups is 1. The lowest BCUT2D eigenvalue weighted by Gasteiger charge is -2.37. The maximum Gasteiger partial charge on any atom is 0.316 e. The van der Waals surface area contributed by atoms with Gasteiger partial charge in [-0.3, -0.25) is 29.2 Å². The highest BCUT2D eigenvalue weighted by molar-refractivity contribution is 5.91. The zero-order valence-corrected chi connectivity index (χ0v) is 24.9. The molecule has 10 heteroatoms. The number of fused-ring (bicyclic) bond motifs is 4. The van der Waals surface area contributed by atoms with E-state index in [0.29, 0.717) is 19.4 Å². The molecule has 2 aliphatic heterocycles. The van der Waals surface area contributed by atoms with Crippen LogP contribution in [0.3, 0.4) is 0 Å². The van der Waals surface area contributed by atoms with E-state index in [2.05, 4.69) is 10.7 Å². The quantitative estimate of drug-likeness (QED) is 0.511. The molecular weight excluding hydrogens is 522 g/mol. The lowest BCUT2D eigenvalue weighted by Crippen LogP contribution is -2.61. The van der Waals surface area contributed by atoms with Crippen molar-refractivity contribution in [3.8, 4) is 0 Å². The van der Waals surface area contributed by atoms with Crippen LogP contribution in [0.2, 0.25) is 0 Å². The number of rotatable bonds is 1. The van der Waals surface area contributed by atoms with E-state index in [1.165, 1.54) is 5.01 Å². The second-order valence-corrected chi connectivity index (χ2v) is 12.0. The van der Waals surface area contributed by atoms with Gasteiger partial charge in [0.25, 0.3) is 11.8 Å². The van der Waals surface area contributed by atoms with Gasteiger partial charge in [-0.1, -0.05) is 44.2 Å². The number of cyclic esters (lactones) is 1. The third-order valence-electron chi connectivity index (χ3n) is 7.89. The molecule has 220 valence electrons. The number of likely N-dealkylation sites (N-methyl/N-ethyl adjacent to an activating group) is 1. The van der Waals surface area contributed by atoms with Gasteiger partial charge in [-0.05, 0) is 64.2 Å². The van der Waals surface area contributed by atoms with Gasteiger partial charge in [0.15, 0.2) is 6.10 Å². The van der Waals surface area contributed by atoms with Crippen molar-refractivity contribution in [3.05, 3.63) is 47.7 Å². The van der Waals surface area contributed by atoms with Gasteiger partial charge in [0, 0.05) is 19.0 Å². The summed E-state index contributed by atoms with van der Waals surface area (Å²) in [6, 6.07) is 7.93. The number of hydrogen-bond donors (Lipinski definition) is 2. The molecule has 1 aromatic carbocycles. The topological polar surface area (TPSA) is 121 Å². The molecule has 2 aliphatic rings. The standard InChI is InChI=1S/C31H41N5O5/c1-18(2)26-27(37)32-19(3)28(38)36-16-8-9-24(34-36)29(39)35(7)20(4)23-13-12-22-11-10-21(17-25(22)33-23)14-15-31(5,6)30(40)41-26/h10-15,17-20,24,26,34H,8-9,16H2,1-7H3,(H,32,37)/b15-14-/t19-,20+,24-,26-/m0/s1. The fourth-order valence-corrected chi connectivity index (χ4v) is 4.97. The number of aromatic nitrogens is 1. The third-order valence-corrected chi connectivity index (χ3v) is 7.89. The molecule has 0 aliphatic carbocycles. The SMILES string of the molecule is CC(C)[C@@H]1OC(=O)C(C)(C)/C=C\c2ccc3ccc(nc3c2)[C@@H](C)N(C)C(=O)[C@@H]2CCCN(N2)C(=O)[C@H](C)NC1=O. The number of benzene rings is 1. The van der Waals surface area contributed by atoms with E-state index in [0.717, 1.165) is 22.2 Å². The highest BCUT2D eigenvalue weighted by Gasteiger charge is 2.37. The van der Waals surface area contributed by atoms with Crippen LogP contribution >= 0.6 is 0 Å². The Bertz CT molecular complexity index is 1370. The Hall–Kier alpha value is -3.79. The molecule has 2 aromatic rings. The van der Waals surface area contributed by atoms with Gasteiger partial charge < -0.3 is 15.0 Å². The molecule has 0 radical (unpaired) electrons. The van der Waals surface area contributed by atoms with E-state index in [4.69, 9.17) is 9.72 Å². The third kappa shape index (κ3) is 6.59. The maximum atomic E-state index is 13.5. The van der Waals surface area contributed by atoms with E-state index >= 15 is 0 Å². The van der Waals surface area contributed by atoms with Crippen molar-refractivity contribution in [2.75, 3.05) is 13.6 Å². The van der Waals surface area contributed by atoms with Crippen molar-refractivity contribution in [2.45, 2.75) is 78.6 Å². The Kier molecular flexibility index (Phi) is 8.82. The number of amides is 3. The normalized spacial score (nSPS) is 27.1. The molecule has 10 nitrogen and oxygen atoms in total. The van der Waals surface area contributed by atoms with Crippen LogP contribution in [-0.2, 0) is 23.9 Å². The first-order valence-corrected chi connectivity index (χ1v) is 14.2. The summed E-state index contributed by atoms with van der Waals surface area (Å²) in [6.45, 7) is 10.9. The Balaban J connectivity index is 1.73. The molecule has 0 unspecified atom stereocenters. The minimum absolute atomic E-state index is 0.148. The second kappa shape index (κ2) is 12.0. The summed E-state index contributed by atoms with van der Waals surface area (Å²) < 4.78 is 5.71. The van der Waals surface area contributed by atoms with E-state index in [1.807, 2.05) is 43.3 Å². The summed E-state index contributed by atoms with van der Waals surface area (Å²) in [5.74, 6) is -1.94. The molecule has 1 saturated heterocycles. The van der Waals surface area contributed by atoms with Crippen LogP contribution in [0.25, 0.3) is 17.0 Å². The largest absolute Gasteiger partial charge is 0.451 e. The monoisotopic (exact) mass is 563 g/mol. The minimum atomic E-state index is -1.08. The van der Waals surface area contributed by atoms with E-state index < -0.39 is 35.5 Å². The van der Waals surface area contributed by atoms with Gasteiger partial charge in [0.05, 0.1) is 22.7 Å². The fourth-order valence-electron chi connectivity index (χ4n) is 4.97. The number of carbonyl (C=O) groups excluding carboxylic acids is 4. The van der Waals surface area contributed by atoms with Crippen molar-refractivity contribution in [3.63, 3.8) is 0 Å². The molecule has 1 fully saturated rings. The van der Waals surface area contributed by atoms with Gasteiger partial charge >= 0.3 is 5.97 Å². The average molecular weight is 564 g/mol. The predicted octanol–water partition coefficient (Wildman–Crippen LogP) is 3.38. The van der Waals surface area contributed by atoms with Crippen LogP contribution in [0.4, 0.5) is 0 Å². The molecule has 3 amide bonds. The summed E-state index contributed by atoms with van der Waals surface area (Å²) in [6.07, 6.45) is 3.70. The average Bonchev–Trinajstić information content (AvgIpc) is 2.95. The fraction of sp³-hybridized carbons (Fsp3) is 0.516. The highest BCUT2D eigenvalue weighted by atomic mass is 16.5. The van der Waals surface area contributed by atoms with Crippen LogP contribution in [0, 0.1) is 11.3 Å². The molecule has 1 aromatic heterocycles. The van der Waals surface area contributed by atoms with Crippen molar-refractivity contribution in [2.24, 2.45) is 11.3 Å². The molecule has 3 heterocycles. The molecule has 0 saturated carbocycles. The zero-order chi connectivity index (χ0) is 30.1. The van der Waals surface area contributed by atoms with Gasteiger partial charge in [0.1, 0.15) is 12.1 Å². The number of carbonyl (C=O) groups is 4. The van der Waals surface area contributed by atoms with Crippen LogP contribution in [0.5, 0.6) is 0 Å². The Morgan fingerprint density at radius 1 is 1.05 bits per heavy atom. The summed E-state index contributed by atoms with van der Waals surface area (Å²) in [4.78, 5) is 59.7. The van der Waals surface area contributed by atoms with Crippen molar-refractivity contribution in [1.82, 2.24) is 25.6 Å². The van der Waals surface area contributed by atoms with Gasteiger partial charge in [-0.2, -0.15) is 0 Å². The molecule has 0 spiro atoms. The lowest BCUT2D eigenvalue weighted by atomic mass is 9.92. The number of nitrogens with one attached hydrogen (secondary N) is 2. The molecule has 2 N–H and O–H groups in total. The van der Waals surface area contributed by atoms with E-state index in [9.17, 15) is 19.2 Å². The number of esters is 1. The molecule has 4 rings (SSSR count). The van der Waals surface area contributed by atoms with E-state index in [1.54, 1.807) is 52.6 Å². The first-order valence-electron chi connectivity index (χ1n) is 14.2. The summed E-state index contributed by atoms with van der Waals surface area (Å²) in [5, 5.41) is 5.06. The Morgan fingerprint density at radius 2 is 1.76 bits per heavy atom. The number of nitrogens with zero attached hydrogens (tertiary/aromatic N) is 3. The molecule has 4 atom stereocenters. The Labute approximate surface area is 241 Å².